The molecule has 0 aliphatic carbocycles. The molecule has 0 radical (unpaired) electrons. The first-order valence-electron chi connectivity index (χ1n) is 5.21. The highest BCUT2D eigenvalue weighted by Crippen LogP contribution is 2.24. The first kappa shape index (κ1) is 10.0. The van der Waals surface area contributed by atoms with Gasteiger partial charge < -0.3 is 10.1 Å². The number of hydrogen-bond acceptors (Lipinski definition) is 2. The van der Waals surface area contributed by atoms with E-state index in [1.807, 2.05) is 12.1 Å². The standard InChI is InChI=1S/C12H15NO2/c1-8(2)9-4-3-5-10(6-9)11-7-13-12(14)15-11/h3-6,8,11H,7H2,1-2H3,(H,13,14). The molecule has 0 saturated carbocycles. The summed E-state index contributed by atoms with van der Waals surface area (Å²) in [6, 6.07) is 8.21. The topological polar surface area (TPSA) is 38.3 Å². The number of alkyl carbamates (subject to hydrolysis) is 1. The van der Waals surface area contributed by atoms with Gasteiger partial charge in [-0.1, -0.05) is 38.1 Å². The van der Waals surface area contributed by atoms with E-state index in [0.717, 1.165) is 5.56 Å². The molecule has 1 heterocycles. The summed E-state index contributed by atoms with van der Waals surface area (Å²) in [6.45, 7) is 4.87. The predicted octanol–water partition coefficient (Wildman–Crippen LogP) is 2.59. The summed E-state index contributed by atoms with van der Waals surface area (Å²) in [5.74, 6) is 0.495. The van der Waals surface area contributed by atoms with Gasteiger partial charge in [-0.25, -0.2) is 4.79 Å². The number of benzene rings is 1. The quantitative estimate of drug-likeness (QED) is 0.805. The Balaban J connectivity index is 2.21. The van der Waals surface area contributed by atoms with Gasteiger partial charge in [0.1, 0.15) is 6.10 Å². The highest BCUT2D eigenvalue weighted by atomic mass is 16.6. The molecule has 80 valence electrons. The van der Waals surface area contributed by atoms with E-state index in [1.54, 1.807) is 0 Å². The summed E-state index contributed by atoms with van der Waals surface area (Å²) < 4.78 is 5.13. The summed E-state index contributed by atoms with van der Waals surface area (Å²) in [7, 11) is 0. The molecule has 1 amide bonds. The maximum atomic E-state index is 10.9. The number of rotatable bonds is 2. The van der Waals surface area contributed by atoms with Crippen LogP contribution in [-0.4, -0.2) is 12.6 Å². The highest BCUT2D eigenvalue weighted by molar-refractivity contribution is 5.69. The van der Waals surface area contributed by atoms with Gasteiger partial charge in [-0.2, -0.15) is 0 Å². The minimum Gasteiger partial charge on any atom is -0.439 e. The molecular weight excluding hydrogens is 190 g/mol. The first-order chi connectivity index (χ1) is 7.16. The van der Waals surface area contributed by atoms with E-state index in [4.69, 9.17) is 4.74 Å². The Morgan fingerprint density at radius 2 is 2.27 bits per heavy atom. The fraction of sp³-hybridized carbons (Fsp3) is 0.417. The Kier molecular flexibility index (Phi) is 2.62. The molecule has 0 aromatic heterocycles. The van der Waals surface area contributed by atoms with E-state index < -0.39 is 0 Å². The zero-order valence-corrected chi connectivity index (χ0v) is 8.99. The summed E-state index contributed by atoms with van der Waals surface area (Å²) in [6.07, 6.45) is -0.453. The zero-order valence-electron chi connectivity index (χ0n) is 8.99. The van der Waals surface area contributed by atoms with Crippen LogP contribution in [0.25, 0.3) is 0 Å². The third kappa shape index (κ3) is 2.12. The van der Waals surface area contributed by atoms with Gasteiger partial charge in [-0.15, -0.1) is 0 Å². The lowest BCUT2D eigenvalue weighted by molar-refractivity contribution is 0.141. The van der Waals surface area contributed by atoms with Crippen LogP contribution in [0.5, 0.6) is 0 Å². The summed E-state index contributed by atoms with van der Waals surface area (Å²) >= 11 is 0. The molecule has 1 aromatic carbocycles. The third-order valence-corrected chi connectivity index (χ3v) is 2.63. The fourth-order valence-corrected chi connectivity index (χ4v) is 1.69. The first-order valence-corrected chi connectivity index (χ1v) is 5.21. The van der Waals surface area contributed by atoms with Gasteiger partial charge in [0, 0.05) is 0 Å². The second-order valence-electron chi connectivity index (χ2n) is 4.10. The number of nitrogens with one attached hydrogen (secondary N) is 1. The smallest absolute Gasteiger partial charge is 0.407 e. The van der Waals surface area contributed by atoms with Crippen molar-refractivity contribution in [3.63, 3.8) is 0 Å². The molecule has 1 aliphatic heterocycles. The van der Waals surface area contributed by atoms with Gasteiger partial charge in [-0.05, 0) is 17.0 Å². The molecule has 1 unspecified atom stereocenters. The summed E-state index contributed by atoms with van der Waals surface area (Å²) in [4.78, 5) is 10.9. The summed E-state index contributed by atoms with van der Waals surface area (Å²) in [5, 5.41) is 2.66. The average Bonchev–Trinajstić information content (AvgIpc) is 2.65. The Morgan fingerprint density at radius 3 is 2.87 bits per heavy atom. The lowest BCUT2D eigenvalue weighted by atomic mass is 9.99. The van der Waals surface area contributed by atoms with Crippen molar-refractivity contribution in [3.05, 3.63) is 35.4 Å². The number of carbonyl (C=O) groups excluding carboxylic acids is 1. The fourth-order valence-electron chi connectivity index (χ4n) is 1.69. The van der Waals surface area contributed by atoms with E-state index in [9.17, 15) is 4.79 Å². The van der Waals surface area contributed by atoms with E-state index in [2.05, 4.69) is 31.3 Å². The maximum Gasteiger partial charge on any atom is 0.407 e. The van der Waals surface area contributed by atoms with Gasteiger partial charge in [-0.3, -0.25) is 0 Å². The lowest BCUT2D eigenvalue weighted by Crippen LogP contribution is -2.12. The molecule has 1 fully saturated rings. The summed E-state index contributed by atoms with van der Waals surface area (Å²) in [5.41, 5.74) is 2.34. The van der Waals surface area contributed by atoms with E-state index in [1.165, 1.54) is 5.56 Å². The SMILES string of the molecule is CC(C)c1cccc(C2CNC(=O)O2)c1. The molecular formula is C12H15NO2. The second kappa shape index (κ2) is 3.93. The molecule has 15 heavy (non-hydrogen) atoms. The predicted molar refractivity (Wildman–Crippen MR) is 57.8 cm³/mol. The Morgan fingerprint density at radius 1 is 1.47 bits per heavy atom. The van der Waals surface area contributed by atoms with Crippen molar-refractivity contribution in [1.82, 2.24) is 5.32 Å². The van der Waals surface area contributed by atoms with E-state index in [-0.39, 0.29) is 12.2 Å². The van der Waals surface area contributed by atoms with Crippen LogP contribution in [0.15, 0.2) is 24.3 Å². The molecule has 1 aliphatic rings. The van der Waals surface area contributed by atoms with Crippen molar-refractivity contribution < 1.29 is 9.53 Å². The molecule has 3 heteroatoms. The van der Waals surface area contributed by atoms with Crippen LogP contribution in [0.1, 0.15) is 37.0 Å². The van der Waals surface area contributed by atoms with Gasteiger partial charge in [0.15, 0.2) is 0 Å². The Labute approximate surface area is 89.4 Å². The van der Waals surface area contributed by atoms with Crippen molar-refractivity contribution >= 4 is 6.09 Å². The number of cyclic esters (lactones) is 1. The van der Waals surface area contributed by atoms with Crippen molar-refractivity contribution in [1.29, 1.82) is 0 Å². The van der Waals surface area contributed by atoms with Crippen molar-refractivity contribution in [3.8, 4) is 0 Å². The molecule has 1 aromatic rings. The largest absolute Gasteiger partial charge is 0.439 e. The van der Waals surface area contributed by atoms with Crippen LogP contribution >= 0.6 is 0 Å². The average molecular weight is 205 g/mol. The third-order valence-electron chi connectivity index (χ3n) is 2.63. The lowest BCUT2D eigenvalue weighted by Gasteiger charge is -2.11. The minimum absolute atomic E-state index is 0.129. The van der Waals surface area contributed by atoms with Crippen molar-refractivity contribution in [2.45, 2.75) is 25.9 Å². The van der Waals surface area contributed by atoms with Gasteiger partial charge in [0.2, 0.25) is 0 Å². The van der Waals surface area contributed by atoms with Crippen LogP contribution in [0.4, 0.5) is 4.79 Å². The number of hydrogen-bond donors (Lipinski definition) is 1. The number of amides is 1. The van der Waals surface area contributed by atoms with Crippen molar-refractivity contribution in [2.75, 3.05) is 6.54 Å². The van der Waals surface area contributed by atoms with Gasteiger partial charge >= 0.3 is 6.09 Å². The molecule has 3 nitrogen and oxygen atoms in total. The Hall–Kier alpha value is -1.51. The van der Waals surface area contributed by atoms with Crippen LogP contribution in [-0.2, 0) is 4.74 Å². The van der Waals surface area contributed by atoms with Crippen LogP contribution in [0.2, 0.25) is 0 Å². The number of carbonyl (C=O) groups is 1. The second-order valence-corrected chi connectivity index (χ2v) is 4.10. The molecule has 1 atom stereocenters. The highest BCUT2D eigenvalue weighted by Gasteiger charge is 2.24. The van der Waals surface area contributed by atoms with Crippen LogP contribution in [0, 0.1) is 0 Å². The monoisotopic (exact) mass is 205 g/mol. The number of ether oxygens (including phenoxy) is 1. The van der Waals surface area contributed by atoms with Crippen LogP contribution < -0.4 is 5.32 Å². The molecule has 1 N–H and O–H groups in total. The Bertz CT molecular complexity index is 374. The van der Waals surface area contributed by atoms with Gasteiger partial charge in [0.25, 0.3) is 0 Å². The zero-order chi connectivity index (χ0) is 10.8. The normalized spacial score (nSPS) is 20.2. The molecule has 0 spiro atoms. The van der Waals surface area contributed by atoms with Crippen LogP contribution in [0.3, 0.4) is 0 Å². The van der Waals surface area contributed by atoms with E-state index >= 15 is 0 Å². The van der Waals surface area contributed by atoms with Gasteiger partial charge in [0.05, 0.1) is 6.54 Å². The molecule has 1 saturated heterocycles. The maximum absolute atomic E-state index is 10.9. The molecule has 2 rings (SSSR count). The minimum atomic E-state index is -0.324. The van der Waals surface area contributed by atoms with Crippen molar-refractivity contribution in [2.24, 2.45) is 0 Å². The van der Waals surface area contributed by atoms with E-state index in [0.29, 0.717) is 12.5 Å². The molecule has 0 bridgehead atoms.